The molecule has 1 amide bonds. The molecular formula is C23H34N2O5S. The van der Waals surface area contributed by atoms with Crippen molar-refractivity contribution in [1.82, 2.24) is 10.2 Å². The third kappa shape index (κ3) is 8.18. The lowest BCUT2D eigenvalue weighted by Gasteiger charge is -2.33. The van der Waals surface area contributed by atoms with Crippen LogP contribution < -0.4 is 5.32 Å². The molecule has 8 heteroatoms. The molecular weight excluding hydrogens is 416 g/mol. The number of thioether (sulfide) groups is 1. The molecule has 1 aromatic carbocycles. The van der Waals surface area contributed by atoms with Crippen LogP contribution in [0.2, 0.25) is 0 Å². The number of methoxy groups -OCH3 is 1. The van der Waals surface area contributed by atoms with Crippen LogP contribution in [0, 0.1) is 0 Å². The number of ether oxygens (including phenoxy) is 1. The fraction of sp³-hybridized carbons (Fsp3) is 0.609. The van der Waals surface area contributed by atoms with E-state index in [1.807, 2.05) is 42.1 Å². The predicted molar refractivity (Wildman–Crippen MR) is 122 cm³/mol. The molecule has 2 unspecified atom stereocenters. The molecule has 2 N–H and O–H groups in total. The first-order chi connectivity index (χ1) is 14.9. The average molecular weight is 451 g/mol. The first kappa shape index (κ1) is 25.2. The Bertz CT molecular complexity index is 715. The van der Waals surface area contributed by atoms with E-state index in [0.717, 1.165) is 36.3 Å². The highest BCUT2D eigenvalue weighted by atomic mass is 32.2. The molecule has 1 aliphatic rings. The normalized spacial score (nSPS) is 19.8. The number of carbonyl (C=O) groups is 3. The minimum atomic E-state index is -0.972. The van der Waals surface area contributed by atoms with E-state index in [9.17, 15) is 19.5 Å². The van der Waals surface area contributed by atoms with Crippen molar-refractivity contribution in [2.24, 2.45) is 0 Å². The molecule has 0 radical (unpaired) electrons. The Morgan fingerprint density at radius 1 is 1.19 bits per heavy atom. The number of carboxylic acids is 1. The number of benzene rings is 1. The van der Waals surface area contributed by atoms with Gasteiger partial charge in [0, 0.05) is 6.54 Å². The van der Waals surface area contributed by atoms with Gasteiger partial charge in [-0.15, -0.1) is 0 Å². The quantitative estimate of drug-likeness (QED) is 0.588. The number of hydrogen-bond acceptors (Lipinski definition) is 6. The molecule has 0 aromatic heterocycles. The average Bonchev–Trinajstić information content (AvgIpc) is 2.78. The number of carboxylic acid groups (broad SMARTS) is 1. The second kappa shape index (κ2) is 13.4. The lowest BCUT2D eigenvalue weighted by Crippen LogP contribution is -2.55. The first-order valence-electron chi connectivity index (χ1n) is 10.9. The third-order valence-electron chi connectivity index (χ3n) is 5.52. The van der Waals surface area contributed by atoms with E-state index in [1.54, 1.807) is 6.92 Å². The van der Waals surface area contributed by atoms with Gasteiger partial charge in [0.2, 0.25) is 5.91 Å². The monoisotopic (exact) mass is 450 g/mol. The van der Waals surface area contributed by atoms with E-state index in [4.69, 9.17) is 4.74 Å². The zero-order chi connectivity index (χ0) is 22.6. The largest absolute Gasteiger partial charge is 0.480 e. The Balaban J connectivity index is 2.07. The summed E-state index contributed by atoms with van der Waals surface area (Å²) < 4.78 is 4.93. The highest BCUT2D eigenvalue weighted by Gasteiger charge is 2.33. The summed E-state index contributed by atoms with van der Waals surface area (Å²) >= 11 is 1.84. The molecule has 0 bridgehead atoms. The lowest BCUT2D eigenvalue weighted by atomic mass is 10.0. The second-order valence-corrected chi connectivity index (χ2v) is 9.06. The van der Waals surface area contributed by atoms with Crippen molar-refractivity contribution in [3.63, 3.8) is 0 Å². The van der Waals surface area contributed by atoms with Gasteiger partial charge in [-0.1, -0.05) is 30.3 Å². The maximum absolute atomic E-state index is 13.2. The van der Waals surface area contributed by atoms with Crippen LogP contribution in [0.15, 0.2) is 30.3 Å². The van der Waals surface area contributed by atoms with Gasteiger partial charge in [-0.3, -0.25) is 14.9 Å². The van der Waals surface area contributed by atoms with Gasteiger partial charge < -0.3 is 14.7 Å². The van der Waals surface area contributed by atoms with Crippen LogP contribution in [0.4, 0.5) is 0 Å². The Hall–Kier alpha value is -2.06. The van der Waals surface area contributed by atoms with Crippen molar-refractivity contribution in [3.8, 4) is 0 Å². The van der Waals surface area contributed by atoms with Crippen molar-refractivity contribution in [3.05, 3.63) is 35.9 Å². The number of aryl methyl sites for hydroxylation is 1. The number of nitrogens with zero attached hydrogens (tertiary/aromatic N) is 1. The SMILES string of the molecule is COC(=O)C(CCc1ccccc1)N[C@@H](C)C(=O)N1CCCCSCCCC1C(=O)O. The molecule has 0 saturated carbocycles. The molecule has 0 spiro atoms. The first-order valence-corrected chi connectivity index (χ1v) is 12.1. The molecule has 1 fully saturated rings. The number of nitrogens with one attached hydrogen (secondary N) is 1. The van der Waals surface area contributed by atoms with Gasteiger partial charge in [-0.2, -0.15) is 11.8 Å². The van der Waals surface area contributed by atoms with Crippen LogP contribution in [0.5, 0.6) is 0 Å². The summed E-state index contributed by atoms with van der Waals surface area (Å²) in [6.45, 7) is 2.10. The summed E-state index contributed by atoms with van der Waals surface area (Å²) in [6.07, 6.45) is 4.06. The number of esters is 1. The molecule has 31 heavy (non-hydrogen) atoms. The molecule has 7 nitrogen and oxygen atoms in total. The Morgan fingerprint density at radius 3 is 2.58 bits per heavy atom. The van der Waals surface area contributed by atoms with E-state index >= 15 is 0 Å². The molecule has 172 valence electrons. The van der Waals surface area contributed by atoms with E-state index in [-0.39, 0.29) is 5.91 Å². The van der Waals surface area contributed by atoms with Crippen LogP contribution in [0.1, 0.15) is 44.6 Å². The molecule has 1 heterocycles. The predicted octanol–water partition coefficient (Wildman–Crippen LogP) is 2.73. The van der Waals surface area contributed by atoms with Crippen molar-refractivity contribution in [2.45, 2.75) is 63.6 Å². The summed E-state index contributed by atoms with van der Waals surface area (Å²) in [4.78, 5) is 38.9. The van der Waals surface area contributed by atoms with Gasteiger partial charge in [0.1, 0.15) is 12.1 Å². The zero-order valence-electron chi connectivity index (χ0n) is 18.4. The molecule has 1 saturated heterocycles. The molecule has 1 aromatic rings. The molecule has 3 atom stereocenters. The summed E-state index contributed by atoms with van der Waals surface area (Å²) in [7, 11) is 1.33. The Morgan fingerprint density at radius 2 is 1.90 bits per heavy atom. The van der Waals surface area contributed by atoms with Crippen molar-refractivity contribution >= 4 is 29.6 Å². The second-order valence-electron chi connectivity index (χ2n) is 7.84. The molecule has 1 aliphatic heterocycles. The van der Waals surface area contributed by atoms with Gasteiger partial charge >= 0.3 is 11.9 Å². The highest BCUT2D eigenvalue weighted by Crippen LogP contribution is 2.18. The Labute approximate surface area is 188 Å². The highest BCUT2D eigenvalue weighted by molar-refractivity contribution is 7.99. The van der Waals surface area contributed by atoms with Crippen LogP contribution in [-0.4, -0.2) is 71.1 Å². The van der Waals surface area contributed by atoms with Crippen molar-refractivity contribution in [1.29, 1.82) is 0 Å². The lowest BCUT2D eigenvalue weighted by molar-refractivity contribution is -0.152. The van der Waals surface area contributed by atoms with E-state index in [1.165, 1.54) is 12.0 Å². The van der Waals surface area contributed by atoms with Crippen LogP contribution in [-0.2, 0) is 25.5 Å². The number of amides is 1. The number of rotatable bonds is 8. The van der Waals surface area contributed by atoms with Gasteiger partial charge in [0.15, 0.2) is 0 Å². The van der Waals surface area contributed by atoms with Gasteiger partial charge in [-0.25, -0.2) is 4.79 Å². The number of carbonyl (C=O) groups excluding carboxylic acids is 2. The van der Waals surface area contributed by atoms with Gasteiger partial charge in [-0.05, 0) is 62.5 Å². The summed E-state index contributed by atoms with van der Waals surface area (Å²) in [6, 6.07) is 7.62. The maximum Gasteiger partial charge on any atom is 0.326 e. The van der Waals surface area contributed by atoms with Gasteiger partial charge in [0.05, 0.1) is 13.2 Å². The topological polar surface area (TPSA) is 95.9 Å². The van der Waals surface area contributed by atoms with Crippen LogP contribution in [0.3, 0.4) is 0 Å². The van der Waals surface area contributed by atoms with Crippen LogP contribution in [0.25, 0.3) is 0 Å². The smallest absolute Gasteiger partial charge is 0.326 e. The zero-order valence-corrected chi connectivity index (χ0v) is 19.2. The minimum absolute atomic E-state index is 0.283. The van der Waals surface area contributed by atoms with Gasteiger partial charge in [0.25, 0.3) is 0 Å². The van der Waals surface area contributed by atoms with Crippen molar-refractivity contribution in [2.75, 3.05) is 25.2 Å². The summed E-state index contributed by atoms with van der Waals surface area (Å²) in [5.41, 5.74) is 1.09. The fourth-order valence-electron chi connectivity index (χ4n) is 3.79. The van der Waals surface area contributed by atoms with Crippen LogP contribution >= 0.6 is 11.8 Å². The molecule has 2 rings (SSSR count). The maximum atomic E-state index is 13.2. The van der Waals surface area contributed by atoms with E-state index < -0.39 is 30.1 Å². The van der Waals surface area contributed by atoms with Crippen molar-refractivity contribution < 1.29 is 24.2 Å². The third-order valence-corrected chi connectivity index (χ3v) is 6.67. The number of hydrogen-bond donors (Lipinski definition) is 2. The fourth-order valence-corrected chi connectivity index (χ4v) is 4.77. The van der Waals surface area contributed by atoms with E-state index in [2.05, 4.69) is 5.32 Å². The van der Waals surface area contributed by atoms with E-state index in [0.29, 0.717) is 25.8 Å². The standard InChI is InChI=1S/C23H34N2O5S/c1-17(24-19(23(29)30-2)13-12-18-9-4-3-5-10-18)21(26)25-14-6-7-15-31-16-8-11-20(25)22(27)28/h3-5,9-10,17,19-20,24H,6-8,11-16H2,1-2H3,(H,27,28)/t17-,19?,20?/m0/s1. The summed E-state index contributed by atoms with van der Waals surface area (Å²) in [5.74, 6) is 0.248. The molecule has 0 aliphatic carbocycles. The minimum Gasteiger partial charge on any atom is -0.480 e. The number of aliphatic carboxylic acids is 1. The Kier molecular flexibility index (Phi) is 10.9. The summed E-state index contributed by atoms with van der Waals surface area (Å²) in [5, 5.41) is 12.8.